The van der Waals surface area contributed by atoms with Crippen molar-refractivity contribution in [2.24, 2.45) is 0 Å². The van der Waals surface area contributed by atoms with Gasteiger partial charge in [0.2, 0.25) is 6.29 Å². The Bertz CT molecular complexity index is 138. The minimum Gasteiger partial charge on any atom is -0.294 e. The number of nitro groups is 1. The van der Waals surface area contributed by atoms with Gasteiger partial charge in [-0.3, -0.25) is 14.9 Å². The molecule has 4 nitrogen and oxygen atoms in total. The second-order valence-electron chi connectivity index (χ2n) is 1.55. The Balaban J connectivity index is 4.27. The van der Waals surface area contributed by atoms with Crippen LogP contribution in [0.5, 0.6) is 0 Å². The molecule has 0 radical (unpaired) electrons. The van der Waals surface area contributed by atoms with Crippen LogP contribution in [0.4, 0.5) is 0 Å². The Hall–Kier alpha value is -0.450. The first-order valence-corrected chi connectivity index (χ1v) is 3.16. The van der Waals surface area contributed by atoms with Crippen LogP contribution in [-0.4, -0.2) is 15.7 Å². The van der Waals surface area contributed by atoms with Crippen LogP contribution in [0.1, 0.15) is 13.3 Å². The van der Waals surface area contributed by atoms with Crippen molar-refractivity contribution in [2.45, 2.75) is 17.8 Å². The van der Waals surface area contributed by atoms with Crippen LogP contribution in [-0.2, 0) is 4.79 Å². The van der Waals surface area contributed by atoms with Crippen LogP contribution in [0.3, 0.4) is 0 Å². The van der Waals surface area contributed by atoms with Crippen molar-refractivity contribution < 1.29 is 9.72 Å². The lowest BCUT2D eigenvalue weighted by molar-refractivity contribution is -0.517. The molecule has 0 aromatic heterocycles. The molecule has 5 heteroatoms. The quantitative estimate of drug-likeness (QED) is 0.222. The van der Waals surface area contributed by atoms with Crippen molar-refractivity contribution in [3.8, 4) is 0 Å². The van der Waals surface area contributed by atoms with Crippen molar-refractivity contribution in [3.63, 3.8) is 0 Å². The monoisotopic (exact) mass is 195 g/mol. The van der Waals surface area contributed by atoms with Crippen molar-refractivity contribution in [1.82, 2.24) is 0 Å². The van der Waals surface area contributed by atoms with Gasteiger partial charge in [0.05, 0.1) is 0 Å². The fourth-order valence-corrected chi connectivity index (χ4v) is 0.255. The molecule has 0 aliphatic carbocycles. The van der Waals surface area contributed by atoms with Gasteiger partial charge in [0.1, 0.15) is 0 Å². The number of hydrogen-bond donors (Lipinski definition) is 0. The van der Waals surface area contributed by atoms with Gasteiger partial charge in [0.15, 0.2) is 0 Å². The van der Waals surface area contributed by atoms with Gasteiger partial charge in [0.25, 0.3) is 0 Å². The molecule has 1 unspecified atom stereocenters. The number of rotatable bonds is 3. The highest BCUT2D eigenvalue weighted by Gasteiger charge is 2.36. The molecule has 0 rings (SSSR count). The molecule has 0 aliphatic heterocycles. The summed E-state index contributed by atoms with van der Waals surface area (Å²) in [6.45, 7) is 1.56. The summed E-state index contributed by atoms with van der Waals surface area (Å²) >= 11 is 2.68. The van der Waals surface area contributed by atoms with Crippen LogP contribution < -0.4 is 0 Å². The first-order valence-electron chi connectivity index (χ1n) is 2.36. The summed E-state index contributed by atoms with van der Waals surface area (Å²) in [6, 6.07) is 0. The zero-order chi connectivity index (χ0) is 7.49. The predicted octanol–water partition coefficient (Wildman–Crippen LogP) is 0.963. The van der Waals surface area contributed by atoms with E-state index in [4.69, 9.17) is 0 Å². The molecule has 0 saturated heterocycles. The fourth-order valence-electron chi connectivity index (χ4n) is 0.255. The SMILES string of the molecule is CCC(Br)(C=O)[N+](=O)[O-]. The van der Waals surface area contributed by atoms with Gasteiger partial charge < -0.3 is 0 Å². The highest BCUT2D eigenvalue weighted by atomic mass is 79.9. The minimum absolute atomic E-state index is 0.156. The molecule has 52 valence electrons. The highest BCUT2D eigenvalue weighted by molar-refractivity contribution is 9.10. The first-order chi connectivity index (χ1) is 4.06. The van der Waals surface area contributed by atoms with Gasteiger partial charge in [-0.15, -0.1) is 0 Å². The lowest BCUT2D eigenvalue weighted by Crippen LogP contribution is -2.31. The lowest BCUT2D eigenvalue weighted by Gasteiger charge is -2.06. The van der Waals surface area contributed by atoms with E-state index in [2.05, 4.69) is 15.9 Å². The van der Waals surface area contributed by atoms with E-state index in [1.165, 1.54) is 0 Å². The van der Waals surface area contributed by atoms with Gasteiger partial charge in [-0.05, 0) is 0 Å². The van der Waals surface area contributed by atoms with E-state index >= 15 is 0 Å². The number of carbonyl (C=O) groups is 1. The van der Waals surface area contributed by atoms with E-state index in [1.54, 1.807) is 6.92 Å². The van der Waals surface area contributed by atoms with Crippen molar-refractivity contribution in [1.29, 1.82) is 0 Å². The number of carbonyl (C=O) groups excluding carboxylic acids is 1. The molecule has 0 saturated carbocycles. The van der Waals surface area contributed by atoms with Crippen molar-refractivity contribution >= 4 is 22.2 Å². The van der Waals surface area contributed by atoms with Gasteiger partial charge >= 0.3 is 4.45 Å². The summed E-state index contributed by atoms with van der Waals surface area (Å²) < 4.78 is -1.56. The summed E-state index contributed by atoms with van der Waals surface area (Å²) in [5.41, 5.74) is 0. The van der Waals surface area contributed by atoms with E-state index < -0.39 is 9.37 Å². The number of aldehydes is 1. The average Bonchev–Trinajstić information content (AvgIpc) is 1.86. The summed E-state index contributed by atoms with van der Waals surface area (Å²) in [4.78, 5) is 19.4. The van der Waals surface area contributed by atoms with Gasteiger partial charge in [-0.25, -0.2) is 0 Å². The minimum atomic E-state index is -1.56. The number of nitrogens with zero attached hydrogens (tertiary/aromatic N) is 1. The standard InChI is InChI=1S/C4H6BrNO3/c1-2-4(5,3-7)6(8)9/h3H,2H2,1H3. The Morgan fingerprint density at radius 2 is 2.33 bits per heavy atom. The number of halogens is 1. The molecule has 9 heavy (non-hydrogen) atoms. The highest BCUT2D eigenvalue weighted by Crippen LogP contribution is 2.19. The molecule has 0 aromatic rings. The van der Waals surface area contributed by atoms with Crippen LogP contribution in [0.2, 0.25) is 0 Å². The molecule has 0 spiro atoms. The van der Waals surface area contributed by atoms with Crippen molar-refractivity contribution in [3.05, 3.63) is 10.1 Å². The molecule has 0 bridgehead atoms. The molecular weight excluding hydrogens is 190 g/mol. The summed E-state index contributed by atoms with van der Waals surface area (Å²) in [6.07, 6.45) is 0.441. The Kier molecular flexibility index (Phi) is 2.76. The topological polar surface area (TPSA) is 60.2 Å². The fraction of sp³-hybridized carbons (Fsp3) is 0.750. The van der Waals surface area contributed by atoms with Gasteiger partial charge in [-0.1, -0.05) is 6.92 Å². The average molecular weight is 196 g/mol. The van der Waals surface area contributed by atoms with E-state index in [0.717, 1.165) is 0 Å². The third-order valence-electron chi connectivity index (χ3n) is 0.980. The normalized spacial score (nSPS) is 16.2. The van der Waals surface area contributed by atoms with E-state index in [1.807, 2.05) is 0 Å². The van der Waals surface area contributed by atoms with E-state index in [0.29, 0.717) is 0 Å². The van der Waals surface area contributed by atoms with Crippen LogP contribution in [0.15, 0.2) is 0 Å². The van der Waals surface area contributed by atoms with Crippen LogP contribution in [0, 0.1) is 10.1 Å². The van der Waals surface area contributed by atoms with Gasteiger partial charge in [0, 0.05) is 27.3 Å². The van der Waals surface area contributed by atoms with Crippen molar-refractivity contribution in [2.75, 3.05) is 0 Å². The summed E-state index contributed by atoms with van der Waals surface area (Å²) in [7, 11) is 0. The molecule has 0 heterocycles. The maximum absolute atomic E-state index is 10.0. The lowest BCUT2D eigenvalue weighted by atomic mass is 10.3. The number of hydrogen-bond acceptors (Lipinski definition) is 3. The second-order valence-corrected chi connectivity index (χ2v) is 2.92. The van der Waals surface area contributed by atoms with Gasteiger partial charge in [-0.2, -0.15) is 0 Å². The first kappa shape index (κ1) is 8.55. The smallest absolute Gasteiger partial charge is 0.294 e. The Labute approximate surface area is 60.5 Å². The molecular formula is C4H6BrNO3. The zero-order valence-corrected chi connectivity index (χ0v) is 6.42. The number of alkyl halides is 1. The maximum Gasteiger partial charge on any atom is 0.328 e. The van der Waals surface area contributed by atoms with Crippen LogP contribution >= 0.6 is 15.9 Å². The molecule has 0 N–H and O–H groups in total. The summed E-state index contributed by atoms with van der Waals surface area (Å²) in [5.74, 6) is 0. The third-order valence-corrected chi connectivity index (χ3v) is 2.02. The second kappa shape index (κ2) is 2.91. The third kappa shape index (κ3) is 1.74. The Morgan fingerprint density at radius 3 is 2.33 bits per heavy atom. The van der Waals surface area contributed by atoms with E-state index in [9.17, 15) is 14.9 Å². The predicted molar refractivity (Wildman–Crippen MR) is 35.0 cm³/mol. The molecule has 0 aliphatic rings. The van der Waals surface area contributed by atoms with E-state index in [-0.39, 0.29) is 12.7 Å². The molecule has 0 fully saturated rings. The zero-order valence-electron chi connectivity index (χ0n) is 4.83. The van der Waals surface area contributed by atoms with Crippen LogP contribution in [0.25, 0.3) is 0 Å². The largest absolute Gasteiger partial charge is 0.328 e. The molecule has 0 aromatic carbocycles. The maximum atomic E-state index is 10.0. The summed E-state index contributed by atoms with van der Waals surface area (Å²) in [5, 5.41) is 10.0. The molecule has 1 atom stereocenters. The molecule has 0 amide bonds. The Morgan fingerprint density at radius 1 is 1.89 bits per heavy atom.